The van der Waals surface area contributed by atoms with E-state index in [0.29, 0.717) is 38.7 Å². The molecule has 44 heavy (non-hydrogen) atoms. The van der Waals surface area contributed by atoms with Crippen LogP contribution in [0.1, 0.15) is 51.8 Å². The van der Waals surface area contributed by atoms with Gasteiger partial charge in [-0.15, -0.1) is 0 Å². The van der Waals surface area contributed by atoms with Gasteiger partial charge >= 0.3 is 11.9 Å². The molecule has 13 heteroatoms. The van der Waals surface area contributed by atoms with Crippen molar-refractivity contribution in [3.05, 3.63) is 79.6 Å². The molecular formula is C31H32I2N2O8S. The number of benzene rings is 2. The van der Waals surface area contributed by atoms with Gasteiger partial charge in [0, 0.05) is 0 Å². The van der Waals surface area contributed by atoms with Crippen LogP contribution in [0.15, 0.2) is 51.4 Å². The number of esters is 2. The Kier molecular flexibility index (Phi) is 11.5. The van der Waals surface area contributed by atoms with E-state index in [1.807, 2.05) is 39.0 Å². The predicted octanol–water partition coefficient (Wildman–Crippen LogP) is 4.75. The number of carbonyl (C=O) groups excluding carboxylic acids is 2. The second-order valence-electron chi connectivity index (χ2n) is 9.79. The average molecular weight is 846 g/mol. The molecular weight excluding hydrogens is 814 g/mol. The first kappa shape index (κ1) is 34.0. The van der Waals surface area contributed by atoms with E-state index in [-0.39, 0.29) is 30.5 Å². The number of hydrogen-bond acceptors (Lipinski definition) is 10. The van der Waals surface area contributed by atoms with E-state index in [9.17, 15) is 14.4 Å². The minimum atomic E-state index is -0.844. The third-order valence-electron chi connectivity index (χ3n) is 6.35. The third kappa shape index (κ3) is 7.47. The first-order valence-electron chi connectivity index (χ1n) is 13.8. The summed E-state index contributed by atoms with van der Waals surface area (Å²) < 4.78 is 31.3. The van der Waals surface area contributed by atoms with Crippen LogP contribution in [0.25, 0.3) is 6.08 Å². The SMILES string of the molecule is CCOC(=O)C1=C(C)N=c2s/c(=C/c3cc(I)c(OC(C)C)c(I)c3)c(=O)n2[C@@H]1c1ccc(OCC(=O)OC)c(OCC)c1. The molecule has 1 aromatic heterocycles. The molecule has 2 aromatic carbocycles. The summed E-state index contributed by atoms with van der Waals surface area (Å²) >= 11 is 5.71. The highest BCUT2D eigenvalue weighted by Gasteiger charge is 2.34. The number of rotatable bonds is 11. The summed E-state index contributed by atoms with van der Waals surface area (Å²) in [5.74, 6) is 0.362. The van der Waals surface area contributed by atoms with Gasteiger partial charge in [0.2, 0.25) is 0 Å². The fourth-order valence-corrected chi connectivity index (χ4v) is 7.66. The minimum Gasteiger partial charge on any atom is -0.490 e. The molecule has 1 aliphatic heterocycles. The van der Waals surface area contributed by atoms with Gasteiger partial charge in [0.05, 0.1) is 55.4 Å². The van der Waals surface area contributed by atoms with E-state index in [2.05, 4.69) is 54.9 Å². The number of aromatic nitrogens is 1. The van der Waals surface area contributed by atoms with Crippen LogP contribution in [0.4, 0.5) is 0 Å². The fourth-order valence-electron chi connectivity index (χ4n) is 4.55. The molecule has 4 rings (SSSR count). The van der Waals surface area contributed by atoms with E-state index in [0.717, 1.165) is 18.5 Å². The van der Waals surface area contributed by atoms with Crippen LogP contribution in [0.5, 0.6) is 17.2 Å². The van der Waals surface area contributed by atoms with Crippen molar-refractivity contribution in [2.24, 2.45) is 4.99 Å². The van der Waals surface area contributed by atoms with Gasteiger partial charge in [0.1, 0.15) is 5.75 Å². The predicted molar refractivity (Wildman–Crippen MR) is 183 cm³/mol. The normalized spacial score (nSPS) is 14.7. The largest absolute Gasteiger partial charge is 0.490 e. The summed E-state index contributed by atoms with van der Waals surface area (Å²) in [5.41, 5.74) is 1.82. The molecule has 1 atom stereocenters. The Hall–Kier alpha value is -2.92. The summed E-state index contributed by atoms with van der Waals surface area (Å²) in [5, 5.41) is 0. The Morgan fingerprint density at radius 1 is 1.07 bits per heavy atom. The molecule has 10 nitrogen and oxygen atoms in total. The van der Waals surface area contributed by atoms with Crippen molar-refractivity contribution in [3.8, 4) is 17.2 Å². The van der Waals surface area contributed by atoms with Crippen LogP contribution in [0.2, 0.25) is 0 Å². The molecule has 0 bridgehead atoms. The molecule has 0 saturated carbocycles. The second kappa shape index (κ2) is 14.9. The number of methoxy groups -OCH3 is 1. The lowest BCUT2D eigenvalue weighted by molar-refractivity contribution is -0.143. The molecule has 1 aliphatic rings. The van der Waals surface area contributed by atoms with E-state index in [1.54, 1.807) is 32.0 Å². The van der Waals surface area contributed by atoms with Crippen molar-refractivity contribution in [2.45, 2.75) is 46.8 Å². The number of carbonyl (C=O) groups is 2. The number of thiazole rings is 1. The Balaban J connectivity index is 1.89. The highest BCUT2D eigenvalue weighted by Crippen LogP contribution is 2.36. The lowest BCUT2D eigenvalue weighted by Crippen LogP contribution is -2.40. The minimum absolute atomic E-state index is 0.0279. The number of hydrogen-bond donors (Lipinski definition) is 0. The van der Waals surface area contributed by atoms with Gasteiger partial charge in [-0.2, -0.15) is 0 Å². The van der Waals surface area contributed by atoms with Crippen molar-refractivity contribution < 1.29 is 33.3 Å². The Labute approximate surface area is 286 Å². The maximum atomic E-state index is 14.1. The van der Waals surface area contributed by atoms with Crippen LogP contribution in [0, 0.1) is 7.14 Å². The number of halogens is 2. The quantitative estimate of drug-likeness (QED) is 0.201. The van der Waals surface area contributed by atoms with E-state index >= 15 is 0 Å². The van der Waals surface area contributed by atoms with Gasteiger partial charge in [-0.25, -0.2) is 14.6 Å². The highest BCUT2D eigenvalue weighted by molar-refractivity contribution is 14.1. The van der Waals surface area contributed by atoms with Crippen LogP contribution >= 0.6 is 56.5 Å². The lowest BCUT2D eigenvalue weighted by atomic mass is 9.95. The summed E-state index contributed by atoms with van der Waals surface area (Å²) in [7, 11) is 1.28. The van der Waals surface area contributed by atoms with Crippen LogP contribution < -0.4 is 29.1 Å². The van der Waals surface area contributed by atoms with Crippen LogP contribution in [0.3, 0.4) is 0 Å². The fraction of sp³-hybridized carbons (Fsp3) is 0.355. The summed E-state index contributed by atoms with van der Waals surface area (Å²) in [6.45, 7) is 9.39. The highest BCUT2D eigenvalue weighted by atomic mass is 127. The maximum absolute atomic E-state index is 14.1. The van der Waals surface area contributed by atoms with Crippen molar-refractivity contribution in [3.63, 3.8) is 0 Å². The molecule has 0 unspecified atom stereocenters. The zero-order valence-corrected chi connectivity index (χ0v) is 30.2. The van der Waals surface area contributed by atoms with Crippen molar-refractivity contribution >= 4 is 74.5 Å². The van der Waals surface area contributed by atoms with Gasteiger partial charge in [-0.3, -0.25) is 9.36 Å². The van der Waals surface area contributed by atoms with E-state index in [1.165, 1.54) is 23.0 Å². The Morgan fingerprint density at radius 2 is 1.77 bits per heavy atom. The van der Waals surface area contributed by atoms with Crippen molar-refractivity contribution in [2.75, 3.05) is 26.9 Å². The molecule has 0 radical (unpaired) electrons. The lowest BCUT2D eigenvalue weighted by Gasteiger charge is -2.25. The van der Waals surface area contributed by atoms with Crippen LogP contribution in [-0.4, -0.2) is 49.5 Å². The number of fused-ring (bicyclic) bond motifs is 1. The number of allylic oxidation sites excluding steroid dienone is 1. The standard InChI is InChI=1S/C31H32I2N2O8S/c1-7-40-23-14-19(9-10-22(23)42-15-25(36)39-6)27-26(30(38)41-8-2)17(5)34-31-35(27)29(37)24(44-31)13-18-11-20(32)28(21(33)12-18)43-16(3)4/h9-14,16,27H,7-8,15H2,1-6H3/b24-13+/t27-/m1/s1. The molecule has 0 fully saturated rings. The molecule has 0 saturated heterocycles. The zero-order valence-electron chi connectivity index (χ0n) is 25.1. The van der Waals surface area contributed by atoms with Crippen LogP contribution in [-0.2, 0) is 19.1 Å². The Morgan fingerprint density at radius 3 is 2.39 bits per heavy atom. The topological polar surface area (TPSA) is 115 Å². The van der Waals surface area contributed by atoms with Gasteiger partial charge in [-0.1, -0.05) is 17.4 Å². The second-order valence-corrected chi connectivity index (χ2v) is 13.1. The first-order chi connectivity index (χ1) is 21.0. The number of nitrogens with zero attached hydrogens (tertiary/aromatic N) is 2. The molecule has 0 amide bonds. The van der Waals surface area contributed by atoms with Crippen molar-refractivity contribution in [1.82, 2.24) is 4.57 Å². The zero-order chi connectivity index (χ0) is 32.1. The monoisotopic (exact) mass is 846 g/mol. The molecule has 234 valence electrons. The Bertz CT molecular complexity index is 1770. The maximum Gasteiger partial charge on any atom is 0.343 e. The summed E-state index contributed by atoms with van der Waals surface area (Å²) in [6.07, 6.45) is 1.85. The molecule has 0 aliphatic carbocycles. The molecule has 3 aromatic rings. The van der Waals surface area contributed by atoms with Gasteiger partial charge in [0.15, 0.2) is 22.9 Å². The number of ether oxygens (including phenoxy) is 5. The molecule has 0 N–H and O–H groups in total. The summed E-state index contributed by atoms with van der Waals surface area (Å²) in [6, 6.07) is 8.16. The molecule has 0 spiro atoms. The van der Waals surface area contributed by atoms with E-state index in [4.69, 9.17) is 18.9 Å². The smallest absolute Gasteiger partial charge is 0.343 e. The summed E-state index contributed by atoms with van der Waals surface area (Å²) in [4.78, 5) is 44.2. The average Bonchev–Trinajstić information content (AvgIpc) is 3.27. The van der Waals surface area contributed by atoms with Gasteiger partial charge in [0.25, 0.3) is 5.56 Å². The van der Waals surface area contributed by atoms with Gasteiger partial charge in [-0.05, 0) is 121 Å². The van der Waals surface area contributed by atoms with Gasteiger partial charge < -0.3 is 23.7 Å². The van der Waals surface area contributed by atoms with E-state index < -0.39 is 18.0 Å². The molecule has 2 heterocycles. The first-order valence-corrected chi connectivity index (χ1v) is 16.8. The third-order valence-corrected chi connectivity index (χ3v) is 8.93. The van der Waals surface area contributed by atoms with Crippen molar-refractivity contribution in [1.29, 1.82) is 0 Å².